The SMILES string of the molecule is Cc1cc(C(=O)CN2C(=O)C(=O)N(C(C)C)C2=O)c(C)n1CCC1=CCCCC1. The molecule has 0 radical (unpaired) electrons. The van der Waals surface area contributed by atoms with E-state index >= 15 is 0 Å². The molecule has 2 heterocycles. The minimum absolute atomic E-state index is 0.332. The highest BCUT2D eigenvalue weighted by Crippen LogP contribution is 2.24. The maximum Gasteiger partial charge on any atom is 0.334 e. The average Bonchev–Trinajstić information content (AvgIpc) is 3.08. The second-order valence-electron chi connectivity index (χ2n) is 8.16. The van der Waals surface area contributed by atoms with Crippen LogP contribution in [-0.4, -0.2) is 50.6 Å². The molecule has 0 atom stereocenters. The van der Waals surface area contributed by atoms with Gasteiger partial charge < -0.3 is 4.57 Å². The molecule has 0 bridgehead atoms. The molecule has 4 amide bonds. The fourth-order valence-corrected chi connectivity index (χ4v) is 4.16. The van der Waals surface area contributed by atoms with E-state index in [0.717, 1.165) is 47.0 Å². The summed E-state index contributed by atoms with van der Waals surface area (Å²) >= 11 is 0. The molecule has 0 spiro atoms. The largest absolute Gasteiger partial charge is 0.348 e. The standard InChI is InChI=1S/C22H29N3O4/c1-14(2)25-21(28)20(27)24(22(25)29)13-19(26)18-12-15(3)23(16(18)4)11-10-17-8-6-5-7-9-17/h8,12,14H,5-7,9-11,13H2,1-4H3. The van der Waals surface area contributed by atoms with Crippen LogP contribution >= 0.6 is 0 Å². The van der Waals surface area contributed by atoms with E-state index in [1.165, 1.54) is 18.4 Å². The molecular formula is C22H29N3O4. The zero-order chi connectivity index (χ0) is 21.3. The third-order valence-electron chi connectivity index (χ3n) is 5.82. The Kier molecular flexibility index (Phi) is 6.05. The van der Waals surface area contributed by atoms with E-state index in [0.29, 0.717) is 5.56 Å². The summed E-state index contributed by atoms with van der Waals surface area (Å²) < 4.78 is 2.11. The van der Waals surface area contributed by atoms with E-state index in [1.54, 1.807) is 19.9 Å². The van der Waals surface area contributed by atoms with Crippen molar-refractivity contribution < 1.29 is 19.2 Å². The van der Waals surface area contributed by atoms with Gasteiger partial charge in [-0.25, -0.2) is 9.69 Å². The number of carbonyl (C=O) groups excluding carboxylic acids is 4. The quantitative estimate of drug-likeness (QED) is 0.305. The lowest BCUT2D eigenvalue weighted by atomic mass is 9.97. The topological polar surface area (TPSA) is 79.7 Å². The van der Waals surface area contributed by atoms with Crippen molar-refractivity contribution in [3.05, 3.63) is 34.7 Å². The predicted octanol–water partition coefficient (Wildman–Crippen LogP) is 3.38. The van der Waals surface area contributed by atoms with Gasteiger partial charge in [0, 0.05) is 29.5 Å². The third-order valence-corrected chi connectivity index (χ3v) is 5.82. The van der Waals surface area contributed by atoms with Gasteiger partial charge in [0.05, 0.1) is 6.54 Å². The number of aryl methyl sites for hydroxylation is 1. The number of hydrogen-bond acceptors (Lipinski definition) is 4. The number of allylic oxidation sites excluding steroid dienone is 2. The molecule has 0 unspecified atom stereocenters. The fraction of sp³-hybridized carbons (Fsp3) is 0.545. The van der Waals surface area contributed by atoms with Gasteiger partial charge >= 0.3 is 17.8 Å². The van der Waals surface area contributed by atoms with Crippen LogP contribution in [0.2, 0.25) is 0 Å². The lowest BCUT2D eigenvalue weighted by molar-refractivity contribution is -0.143. The summed E-state index contributed by atoms with van der Waals surface area (Å²) in [7, 11) is 0. The molecule has 29 heavy (non-hydrogen) atoms. The third kappa shape index (κ3) is 4.04. The molecule has 1 aromatic rings. The van der Waals surface area contributed by atoms with Crippen LogP contribution in [0.4, 0.5) is 4.79 Å². The number of carbonyl (C=O) groups is 4. The molecule has 0 N–H and O–H groups in total. The monoisotopic (exact) mass is 399 g/mol. The summed E-state index contributed by atoms with van der Waals surface area (Å²) in [6.45, 7) is 7.54. The van der Waals surface area contributed by atoms with Crippen molar-refractivity contribution >= 4 is 23.6 Å². The maximum absolute atomic E-state index is 12.9. The van der Waals surface area contributed by atoms with Gasteiger partial charge in [0.25, 0.3) is 0 Å². The highest BCUT2D eigenvalue weighted by Gasteiger charge is 2.46. The summed E-state index contributed by atoms with van der Waals surface area (Å²) in [6.07, 6.45) is 8.08. The highest BCUT2D eigenvalue weighted by molar-refractivity contribution is 6.45. The second-order valence-corrected chi connectivity index (χ2v) is 8.16. The predicted molar refractivity (Wildman–Crippen MR) is 108 cm³/mol. The van der Waals surface area contributed by atoms with E-state index in [1.807, 2.05) is 13.8 Å². The van der Waals surface area contributed by atoms with Crippen molar-refractivity contribution in [2.24, 2.45) is 0 Å². The molecule has 3 rings (SSSR count). The van der Waals surface area contributed by atoms with Crippen molar-refractivity contribution in [2.45, 2.75) is 72.4 Å². The van der Waals surface area contributed by atoms with Crippen LogP contribution in [0.25, 0.3) is 0 Å². The van der Waals surface area contributed by atoms with Gasteiger partial charge in [-0.3, -0.25) is 19.3 Å². The van der Waals surface area contributed by atoms with Crippen LogP contribution in [-0.2, 0) is 16.1 Å². The van der Waals surface area contributed by atoms with Gasteiger partial charge in [0.1, 0.15) is 0 Å². The Morgan fingerprint density at radius 2 is 1.83 bits per heavy atom. The number of hydrogen-bond donors (Lipinski definition) is 0. The molecule has 0 saturated carbocycles. The Bertz CT molecular complexity index is 894. The van der Waals surface area contributed by atoms with Crippen LogP contribution in [0, 0.1) is 13.8 Å². The normalized spacial score (nSPS) is 17.6. The Balaban J connectivity index is 1.73. The summed E-state index contributed by atoms with van der Waals surface area (Å²) in [5, 5.41) is 0. The minimum atomic E-state index is -0.935. The molecule has 1 fully saturated rings. The van der Waals surface area contributed by atoms with Crippen LogP contribution in [0.5, 0.6) is 0 Å². The van der Waals surface area contributed by atoms with E-state index in [9.17, 15) is 19.2 Å². The van der Waals surface area contributed by atoms with Crippen LogP contribution in [0.1, 0.15) is 67.7 Å². The Labute approximate surface area is 171 Å². The van der Waals surface area contributed by atoms with E-state index < -0.39 is 30.4 Å². The summed E-state index contributed by atoms with van der Waals surface area (Å²) in [4.78, 5) is 51.2. The Hall–Kier alpha value is -2.70. The second kappa shape index (κ2) is 8.35. The zero-order valence-corrected chi connectivity index (χ0v) is 17.7. The first-order chi connectivity index (χ1) is 13.7. The maximum atomic E-state index is 12.9. The average molecular weight is 399 g/mol. The van der Waals surface area contributed by atoms with Crippen LogP contribution < -0.4 is 0 Å². The van der Waals surface area contributed by atoms with Crippen molar-refractivity contribution in [2.75, 3.05) is 6.54 Å². The lowest BCUT2D eigenvalue weighted by Crippen LogP contribution is -2.39. The van der Waals surface area contributed by atoms with Crippen molar-refractivity contribution in [3.8, 4) is 0 Å². The van der Waals surface area contributed by atoms with Crippen molar-refractivity contribution in [1.82, 2.24) is 14.4 Å². The molecule has 7 heteroatoms. The first kappa shape index (κ1) is 21.0. The van der Waals surface area contributed by atoms with E-state index in [2.05, 4.69) is 10.6 Å². The number of imide groups is 2. The van der Waals surface area contributed by atoms with Crippen LogP contribution in [0.15, 0.2) is 17.7 Å². The summed E-state index contributed by atoms with van der Waals surface area (Å²) in [6, 6.07) is 0.652. The first-order valence-electron chi connectivity index (χ1n) is 10.3. The lowest BCUT2D eigenvalue weighted by Gasteiger charge is -2.18. The molecule has 156 valence electrons. The number of nitrogens with zero attached hydrogens (tertiary/aromatic N) is 3. The van der Waals surface area contributed by atoms with Gasteiger partial charge in [-0.1, -0.05) is 11.6 Å². The zero-order valence-electron chi connectivity index (χ0n) is 17.7. The van der Waals surface area contributed by atoms with Crippen molar-refractivity contribution in [3.63, 3.8) is 0 Å². The van der Waals surface area contributed by atoms with Gasteiger partial charge in [0.2, 0.25) is 0 Å². The van der Waals surface area contributed by atoms with E-state index in [-0.39, 0.29) is 5.78 Å². The Morgan fingerprint density at radius 1 is 1.10 bits per heavy atom. The molecular weight excluding hydrogens is 370 g/mol. The Morgan fingerprint density at radius 3 is 2.41 bits per heavy atom. The van der Waals surface area contributed by atoms with Gasteiger partial charge in [-0.15, -0.1) is 0 Å². The van der Waals surface area contributed by atoms with Crippen molar-refractivity contribution in [1.29, 1.82) is 0 Å². The summed E-state index contributed by atoms with van der Waals surface area (Å²) in [5.74, 6) is -2.14. The molecule has 1 aromatic heterocycles. The number of amides is 4. The molecule has 0 aromatic carbocycles. The van der Waals surface area contributed by atoms with E-state index in [4.69, 9.17) is 0 Å². The molecule has 1 saturated heterocycles. The number of aromatic nitrogens is 1. The highest BCUT2D eigenvalue weighted by atomic mass is 16.2. The van der Waals surface area contributed by atoms with Crippen LogP contribution in [0.3, 0.4) is 0 Å². The number of rotatable bonds is 7. The molecule has 1 aliphatic carbocycles. The summed E-state index contributed by atoms with van der Waals surface area (Å²) in [5.41, 5.74) is 3.77. The van der Waals surface area contributed by atoms with Gasteiger partial charge in [-0.05, 0) is 65.9 Å². The fourth-order valence-electron chi connectivity index (χ4n) is 4.16. The van der Waals surface area contributed by atoms with Gasteiger partial charge in [-0.2, -0.15) is 0 Å². The number of Topliss-reactive ketones (excluding diaryl/α,β-unsaturated/α-hetero) is 1. The minimum Gasteiger partial charge on any atom is -0.348 e. The number of ketones is 1. The molecule has 1 aliphatic heterocycles. The first-order valence-corrected chi connectivity index (χ1v) is 10.3. The smallest absolute Gasteiger partial charge is 0.334 e. The molecule has 7 nitrogen and oxygen atoms in total. The van der Waals surface area contributed by atoms with Gasteiger partial charge in [0.15, 0.2) is 5.78 Å². The molecule has 2 aliphatic rings. The number of urea groups is 1.